The first-order valence-corrected chi connectivity index (χ1v) is 44.7. The lowest BCUT2D eigenvalue weighted by molar-refractivity contribution is 0.309. The van der Waals surface area contributed by atoms with E-state index in [9.17, 15) is 0 Å². The van der Waals surface area contributed by atoms with Crippen molar-refractivity contribution < 1.29 is 37.9 Å². The summed E-state index contributed by atoms with van der Waals surface area (Å²) in [6, 6.07) is 141. The number of methoxy groups -OCH3 is 6. The topological polar surface area (TPSA) is 73.8 Å². The number of unbranched alkanes of at least 4 members (excludes halogenated alkanes) is 2. The maximum absolute atomic E-state index is 6.41. The number of hydrogen-bond acceptors (Lipinski definition) is 8. The van der Waals surface area contributed by atoms with E-state index in [1.807, 2.05) is 24.3 Å². The molecule has 130 heavy (non-hydrogen) atoms. The third-order valence-corrected chi connectivity index (χ3v) is 24.6. The highest BCUT2D eigenvalue weighted by atomic mass is 16.5. The largest absolute Gasteiger partial charge is 0.496 e. The summed E-state index contributed by atoms with van der Waals surface area (Å²) in [7, 11) is 10.5. The summed E-state index contributed by atoms with van der Waals surface area (Å²) in [6.07, 6.45) is 4.15. The Morgan fingerprint density at radius 1 is 0.177 bits per heavy atom. The van der Waals surface area contributed by atoms with Crippen LogP contribution in [-0.4, -0.2) is 55.9 Å². The van der Waals surface area contributed by atoms with Crippen LogP contribution in [0, 0.1) is 0 Å². The van der Waals surface area contributed by atoms with E-state index >= 15 is 0 Å². The van der Waals surface area contributed by atoms with Gasteiger partial charge in [-0.1, -0.05) is 342 Å². The Bertz CT molecular complexity index is 6950. The smallest absolute Gasteiger partial charge is 0.135 e. The molecule has 0 aliphatic carbocycles. The quantitative estimate of drug-likeness (QED) is 0.0524. The Morgan fingerprint density at radius 3 is 0.746 bits per heavy atom. The Labute approximate surface area is 761 Å². The van der Waals surface area contributed by atoms with Crippen molar-refractivity contribution >= 4 is 64.6 Å². The second-order valence-electron chi connectivity index (χ2n) is 32.4. The number of ether oxygens (including phenoxy) is 8. The van der Waals surface area contributed by atoms with E-state index in [1.54, 1.807) is 42.7 Å². The van der Waals surface area contributed by atoms with Crippen molar-refractivity contribution in [2.24, 2.45) is 0 Å². The Balaban J connectivity index is 0.000000133. The summed E-state index contributed by atoms with van der Waals surface area (Å²) in [6.45, 7) is 5.69. The molecule has 20 rings (SSSR count). The predicted octanol–water partition coefficient (Wildman–Crippen LogP) is 32.7. The summed E-state index contributed by atoms with van der Waals surface area (Å²) in [5.74, 6) is 6.49. The van der Waals surface area contributed by atoms with Gasteiger partial charge >= 0.3 is 0 Å². The van der Waals surface area contributed by atoms with Crippen LogP contribution in [0.4, 0.5) is 0 Å². The van der Waals surface area contributed by atoms with E-state index in [-0.39, 0.29) is 0 Å². The molecule has 0 atom stereocenters. The van der Waals surface area contributed by atoms with Gasteiger partial charge in [-0.25, -0.2) is 0 Å². The van der Waals surface area contributed by atoms with E-state index in [2.05, 4.69) is 390 Å². The third kappa shape index (κ3) is 17.5. The van der Waals surface area contributed by atoms with Crippen LogP contribution < -0.4 is 37.9 Å². The van der Waals surface area contributed by atoms with Crippen molar-refractivity contribution in [3.05, 3.63) is 400 Å². The lowest BCUT2D eigenvalue weighted by Crippen LogP contribution is -2.01. The highest BCUT2D eigenvalue weighted by Crippen LogP contribution is 2.56. The lowest BCUT2D eigenvalue weighted by atomic mass is 9.85. The Kier molecular flexibility index (Phi) is 25.9. The van der Waals surface area contributed by atoms with Gasteiger partial charge in [0, 0.05) is 44.5 Å². The normalized spacial score (nSPS) is 11.1. The van der Waals surface area contributed by atoms with Crippen molar-refractivity contribution in [2.45, 2.75) is 39.5 Å². The fraction of sp³-hybridized carbons (Fsp3) is 0.115. The molecule has 0 amide bonds. The van der Waals surface area contributed by atoms with Gasteiger partial charge in [0.2, 0.25) is 0 Å². The molecule has 0 aromatic heterocycles. The molecule has 0 radical (unpaired) electrons. The fourth-order valence-electron chi connectivity index (χ4n) is 18.2. The SMILES string of the molecule is CCCCOc1ccc2cc(-c3ccccc3)c(OC)c(-c3c(OC)c(-c4ccccc4)cc4ccc(OCCCC)cc34)c2c1.COc1cc(-c2ccccc2)c2cc(-c3ccccc3)ccc2c1-c1c(OC)cc(-c2ccccc2)c2cc(-c3ccccc3)ccc12.COc1ccc2cc(-c3ccccc3)ccc2c1-c1c(OC)ccc2cc(-c3ccccc3)ccc12. The molecule has 0 unspecified atom stereocenters. The second-order valence-corrected chi connectivity index (χ2v) is 32.4. The molecule has 0 fully saturated rings. The first-order valence-electron chi connectivity index (χ1n) is 44.7. The summed E-state index contributed by atoms with van der Waals surface area (Å²) in [5.41, 5.74) is 24.2. The minimum absolute atomic E-state index is 0.671. The number of rotatable bonds is 25. The average molecular weight is 1700 g/mol. The standard InChI is InChI=1S/C46H34O2.C42H42O4.C34H26O2/c1-47-43-29-39(33-19-11-5-12-20-33)41-27-35(31-15-7-3-8-16-31)23-25-37(41)45(43)46-38-26-24-36(32-17-9-4-10-18-32)28-42(38)40(30-44(46)48-2)34-21-13-6-14-22-34;1-5-7-23-45-33-21-19-31-25-37(29-15-11-9-12-16-29)41(43-3)39(35(31)27-33)40-36-28-34(46-24-8-6-2)22-20-32(36)26-38(42(40)44-4)30-17-13-10-14-18-30;1-35-31-19-15-27-21-25(23-9-5-3-6-10-23)13-17-29(27)33(31)34-30-18-14-26(24-11-7-4-8-12-24)22-28(30)16-20-32(34)36-2/h3-30H,1-2H3;9-22,25-28H,5-8,23-24H2,1-4H3;3-22H,1-2H3. The lowest BCUT2D eigenvalue weighted by Gasteiger charge is -2.23. The van der Waals surface area contributed by atoms with Crippen LogP contribution in [0.15, 0.2) is 400 Å². The maximum atomic E-state index is 6.41. The molecule has 8 nitrogen and oxygen atoms in total. The predicted molar refractivity (Wildman–Crippen MR) is 544 cm³/mol. The van der Waals surface area contributed by atoms with Crippen molar-refractivity contribution in [3.8, 4) is 168 Å². The monoisotopic (exact) mass is 1690 g/mol. The molecule has 0 aliphatic rings. The molecular formula is C122H102O8. The summed E-state index contributed by atoms with van der Waals surface area (Å²) in [5, 5.41) is 13.3. The average Bonchev–Trinajstić information content (AvgIpc) is 0.742. The van der Waals surface area contributed by atoms with Gasteiger partial charge in [-0.3, -0.25) is 0 Å². The second kappa shape index (κ2) is 39.5. The molecule has 20 aromatic rings. The first kappa shape index (κ1) is 85.2. The summed E-state index contributed by atoms with van der Waals surface area (Å²) >= 11 is 0. The van der Waals surface area contributed by atoms with Gasteiger partial charge in [0.15, 0.2) is 0 Å². The van der Waals surface area contributed by atoms with Crippen LogP contribution in [0.1, 0.15) is 39.5 Å². The molecule has 0 saturated heterocycles. The summed E-state index contributed by atoms with van der Waals surface area (Å²) < 4.78 is 49.7. The van der Waals surface area contributed by atoms with E-state index < -0.39 is 0 Å². The Hall–Kier alpha value is -15.6. The van der Waals surface area contributed by atoms with Crippen molar-refractivity contribution in [2.75, 3.05) is 55.9 Å². The van der Waals surface area contributed by atoms with Gasteiger partial charge in [0.25, 0.3) is 0 Å². The zero-order chi connectivity index (χ0) is 88.8. The minimum Gasteiger partial charge on any atom is -0.496 e. The van der Waals surface area contributed by atoms with Gasteiger partial charge in [-0.2, -0.15) is 0 Å². The van der Waals surface area contributed by atoms with Gasteiger partial charge in [-0.15, -0.1) is 0 Å². The molecule has 0 saturated carbocycles. The van der Waals surface area contributed by atoms with Crippen LogP contribution in [0.5, 0.6) is 46.0 Å². The third-order valence-electron chi connectivity index (χ3n) is 24.6. The molecule has 0 heterocycles. The van der Waals surface area contributed by atoms with E-state index in [4.69, 9.17) is 37.9 Å². The van der Waals surface area contributed by atoms with Crippen LogP contribution in [0.2, 0.25) is 0 Å². The number of hydrogen-bond donors (Lipinski definition) is 0. The summed E-state index contributed by atoms with van der Waals surface area (Å²) in [4.78, 5) is 0. The molecule has 0 bridgehead atoms. The molecule has 20 aromatic carbocycles. The first-order chi connectivity index (χ1) is 64.2. The van der Waals surface area contributed by atoms with Crippen molar-refractivity contribution in [3.63, 3.8) is 0 Å². The molecule has 8 heteroatoms. The highest BCUT2D eigenvalue weighted by Gasteiger charge is 2.29. The Morgan fingerprint density at radius 2 is 0.446 bits per heavy atom. The molecule has 638 valence electrons. The van der Waals surface area contributed by atoms with E-state index in [0.29, 0.717) is 13.2 Å². The van der Waals surface area contributed by atoms with Gasteiger partial charge in [0.1, 0.15) is 46.0 Å². The van der Waals surface area contributed by atoms with Crippen molar-refractivity contribution in [1.82, 2.24) is 0 Å². The van der Waals surface area contributed by atoms with E-state index in [0.717, 1.165) is 214 Å². The molecular weight excluding hydrogens is 1590 g/mol. The molecule has 0 aliphatic heterocycles. The fourth-order valence-corrected chi connectivity index (χ4v) is 18.2. The molecule has 0 N–H and O–H groups in total. The van der Waals surface area contributed by atoms with Gasteiger partial charge in [0.05, 0.1) is 55.9 Å². The number of fused-ring (bicyclic) bond motifs is 6. The van der Waals surface area contributed by atoms with E-state index in [1.165, 1.54) is 44.5 Å². The number of benzene rings is 20. The maximum Gasteiger partial charge on any atom is 0.135 e. The van der Waals surface area contributed by atoms with Crippen molar-refractivity contribution in [1.29, 1.82) is 0 Å². The van der Waals surface area contributed by atoms with Gasteiger partial charge in [-0.05, 0) is 240 Å². The zero-order valence-corrected chi connectivity index (χ0v) is 74.6. The van der Waals surface area contributed by atoms with Crippen LogP contribution in [0.25, 0.3) is 187 Å². The highest BCUT2D eigenvalue weighted by molar-refractivity contribution is 6.19. The molecule has 0 spiro atoms. The van der Waals surface area contributed by atoms with Gasteiger partial charge < -0.3 is 37.9 Å². The van der Waals surface area contributed by atoms with Crippen LogP contribution >= 0.6 is 0 Å². The zero-order valence-electron chi connectivity index (χ0n) is 74.6. The van der Waals surface area contributed by atoms with Crippen LogP contribution in [-0.2, 0) is 0 Å². The van der Waals surface area contributed by atoms with Crippen LogP contribution in [0.3, 0.4) is 0 Å². The minimum atomic E-state index is 0.671.